The summed E-state index contributed by atoms with van der Waals surface area (Å²) in [5.74, 6) is 0. The van der Waals surface area contributed by atoms with E-state index in [-0.39, 0.29) is 0 Å². The van der Waals surface area contributed by atoms with Gasteiger partial charge in [0.1, 0.15) is 0 Å². The Labute approximate surface area is 98.1 Å². The SMILES string of the molecule is CCN(CC)Cc1ccc(C(C)(C)C)s1. The van der Waals surface area contributed by atoms with Crippen LogP contribution in [0.25, 0.3) is 0 Å². The number of hydrogen-bond acceptors (Lipinski definition) is 2. The van der Waals surface area contributed by atoms with Gasteiger partial charge in [0.25, 0.3) is 0 Å². The summed E-state index contributed by atoms with van der Waals surface area (Å²) >= 11 is 1.96. The third-order valence-electron chi connectivity index (χ3n) is 2.67. The average molecular weight is 225 g/mol. The van der Waals surface area contributed by atoms with E-state index in [1.165, 1.54) is 9.75 Å². The van der Waals surface area contributed by atoms with Gasteiger partial charge in [-0.1, -0.05) is 34.6 Å². The van der Waals surface area contributed by atoms with Crippen LogP contribution in [0.2, 0.25) is 0 Å². The van der Waals surface area contributed by atoms with Crippen molar-refractivity contribution in [3.8, 4) is 0 Å². The van der Waals surface area contributed by atoms with E-state index in [0.29, 0.717) is 5.41 Å². The highest BCUT2D eigenvalue weighted by molar-refractivity contribution is 7.12. The van der Waals surface area contributed by atoms with Gasteiger partial charge in [-0.15, -0.1) is 11.3 Å². The molecule has 1 heterocycles. The Hall–Kier alpha value is -0.340. The molecular weight excluding hydrogens is 202 g/mol. The minimum absolute atomic E-state index is 0.298. The lowest BCUT2D eigenvalue weighted by Crippen LogP contribution is -2.21. The Balaban J connectivity index is 2.68. The lowest BCUT2D eigenvalue weighted by atomic mass is 9.95. The molecule has 0 amide bonds. The molecular formula is C13H23NS. The summed E-state index contributed by atoms with van der Waals surface area (Å²) in [5, 5.41) is 0. The van der Waals surface area contributed by atoms with Crippen LogP contribution in [0.3, 0.4) is 0 Å². The van der Waals surface area contributed by atoms with Gasteiger partial charge in [-0.2, -0.15) is 0 Å². The molecule has 0 bridgehead atoms. The second-order valence-corrected chi connectivity index (χ2v) is 6.15. The van der Waals surface area contributed by atoms with E-state index in [1.807, 2.05) is 11.3 Å². The molecule has 1 nitrogen and oxygen atoms in total. The first-order valence-electron chi connectivity index (χ1n) is 5.79. The number of thiophene rings is 1. The van der Waals surface area contributed by atoms with Gasteiger partial charge in [0.05, 0.1) is 0 Å². The number of rotatable bonds is 4. The van der Waals surface area contributed by atoms with Gasteiger partial charge in [-0.05, 0) is 30.6 Å². The van der Waals surface area contributed by atoms with Crippen LogP contribution < -0.4 is 0 Å². The van der Waals surface area contributed by atoms with Crippen LogP contribution in [0, 0.1) is 0 Å². The zero-order valence-electron chi connectivity index (χ0n) is 10.6. The zero-order chi connectivity index (χ0) is 11.5. The first-order chi connectivity index (χ1) is 6.97. The van der Waals surface area contributed by atoms with Crippen LogP contribution in [0.5, 0.6) is 0 Å². The lowest BCUT2D eigenvalue weighted by Gasteiger charge is -2.17. The maximum absolute atomic E-state index is 2.46. The summed E-state index contributed by atoms with van der Waals surface area (Å²) in [6, 6.07) is 4.56. The highest BCUT2D eigenvalue weighted by atomic mass is 32.1. The monoisotopic (exact) mass is 225 g/mol. The van der Waals surface area contributed by atoms with Gasteiger partial charge >= 0.3 is 0 Å². The molecule has 0 spiro atoms. The minimum Gasteiger partial charge on any atom is -0.299 e. The molecule has 1 rings (SSSR count). The molecule has 2 heteroatoms. The quantitative estimate of drug-likeness (QED) is 0.751. The van der Waals surface area contributed by atoms with Crippen LogP contribution in [-0.2, 0) is 12.0 Å². The first kappa shape index (κ1) is 12.7. The molecule has 0 aliphatic heterocycles. The predicted octanol–water partition coefficient (Wildman–Crippen LogP) is 3.89. The summed E-state index contributed by atoms with van der Waals surface area (Å²) in [7, 11) is 0. The van der Waals surface area contributed by atoms with E-state index >= 15 is 0 Å². The van der Waals surface area contributed by atoms with Crippen molar-refractivity contribution >= 4 is 11.3 Å². The van der Waals surface area contributed by atoms with Gasteiger partial charge in [0.2, 0.25) is 0 Å². The molecule has 0 saturated heterocycles. The molecule has 0 saturated carbocycles. The Morgan fingerprint density at radius 1 is 1.13 bits per heavy atom. The van der Waals surface area contributed by atoms with E-state index in [9.17, 15) is 0 Å². The van der Waals surface area contributed by atoms with Crippen LogP contribution in [0.4, 0.5) is 0 Å². The Morgan fingerprint density at radius 3 is 2.13 bits per heavy atom. The van der Waals surface area contributed by atoms with Gasteiger partial charge < -0.3 is 0 Å². The molecule has 0 fully saturated rings. The van der Waals surface area contributed by atoms with Crippen molar-refractivity contribution in [2.45, 2.75) is 46.6 Å². The number of nitrogens with zero attached hydrogens (tertiary/aromatic N) is 1. The third-order valence-corrected chi connectivity index (χ3v) is 4.17. The average Bonchev–Trinajstić information content (AvgIpc) is 2.61. The van der Waals surface area contributed by atoms with Gasteiger partial charge in [-0.3, -0.25) is 4.90 Å². The summed E-state index contributed by atoms with van der Waals surface area (Å²) in [6.45, 7) is 14.7. The van der Waals surface area contributed by atoms with Gasteiger partial charge in [0.15, 0.2) is 0 Å². The van der Waals surface area contributed by atoms with E-state index in [0.717, 1.165) is 19.6 Å². The van der Waals surface area contributed by atoms with Crippen molar-refractivity contribution < 1.29 is 0 Å². The summed E-state index contributed by atoms with van der Waals surface area (Å²) in [4.78, 5) is 5.44. The molecule has 0 unspecified atom stereocenters. The fourth-order valence-corrected chi connectivity index (χ4v) is 2.64. The Morgan fingerprint density at radius 2 is 1.73 bits per heavy atom. The van der Waals surface area contributed by atoms with Crippen LogP contribution >= 0.6 is 11.3 Å². The molecule has 1 aromatic rings. The van der Waals surface area contributed by atoms with E-state index < -0.39 is 0 Å². The van der Waals surface area contributed by atoms with Crippen LogP contribution in [0.15, 0.2) is 12.1 Å². The molecule has 0 radical (unpaired) electrons. The van der Waals surface area contributed by atoms with Crippen molar-refractivity contribution in [1.82, 2.24) is 4.90 Å². The first-order valence-corrected chi connectivity index (χ1v) is 6.60. The largest absolute Gasteiger partial charge is 0.299 e. The molecule has 15 heavy (non-hydrogen) atoms. The minimum atomic E-state index is 0.298. The summed E-state index contributed by atoms with van der Waals surface area (Å²) in [5.41, 5.74) is 0.298. The van der Waals surface area contributed by atoms with Crippen LogP contribution in [0.1, 0.15) is 44.4 Å². The summed E-state index contributed by atoms with van der Waals surface area (Å²) < 4.78 is 0. The smallest absolute Gasteiger partial charge is 0.0327 e. The van der Waals surface area contributed by atoms with Crippen molar-refractivity contribution in [2.24, 2.45) is 0 Å². The predicted molar refractivity (Wildman–Crippen MR) is 69.6 cm³/mol. The fraction of sp³-hybridized carbons (Fsp3) is 0.692. The van der Waals surface area contributed by atoms with Crippen molar-refractivity contribution in [1.29, 1.82) is 0 Å². The van der Waals surface area contributed by atoms with E-state index in [2.05, 4.69) is 51.7 Å². The van der Waals surface area contributed by atoms with Gasteiger partial charge in [0, 0.05) is 16.3 Å². The van der Waals surface area contributed by atoms with Crippen molar-refractivity contribution in [3.63, 3.8) is 0 Å². The molecule has 86 valence electrons. The molecule has 1 aromatic heterocycles. The highest BCUT2D eigenvalue weighted by Gasteiger charge is 2.16. The van der Waals surface area contributed by atoms with Crippen LogP contribution in [-0.4, -0.2) is 18.0 Å². The Bertz CT molecular complexity index is 292. The van der Waals surface area contributed by atoms with E-state index in [1.54, 1.807) is 0 Å². The molecule has 0 aliphatic carbocycles. The Kier molecular flexibility index (Phi) is 4.35. The zero-order valence-corrected chi connectivity index (χ0v) is 11.4. The second-order valence-electron chi connectivity index (χ2n) is 4.98. The normalized spacial score (nSPS) is 12.4. The molecule has 0 aliphatic rings. The molecule has 0 atom stereocenters. The summed E-state index contributed by atoms with van der Waals surface area (Å²) in [6.07, 6.45) is 0. The highest BCUT2D eigenvalue weighted by Crippen LogP contribution is 2.29. The fourth-order valence-electron chi connectivity index (χ4n) is 1.53. The lowest BCUT2D eigenvalue weighted by molar-refractivity contribution is 0.298. The topological polar surface area (TPSA) is 3.24 Å². The number of hydrogen-bond donors (Lipinski definition) is 0. The molecule has 0 N–H and O–H groups in total. The maximum Gasteiger partial charge on any atom is 0.0327 e. The standard InChI is InChI=1S/C13H23NS/c1-6-14(7-2)10-11-8-9-12(15-11)13(3,4)5/h8-9H,6-7,10H2,1-5H3. The maximum atomic E-state index is 2.46. The van der Waals surface area contributed by atoms with Crippen molar-refractivity contribution in [2.75, 3.05) is 13.1 Å². The van der Waals surface area contributed by atoms with Gasteiger partial charge in [-0.25, -0.2) is 0 Å². The second kappa shape index (κ2) is 5.13. The molecule has 0 aromatic carbocycles. The third kappa shape index (κ3) is 3.62. The van der Waals surface area contributed by atoms with Crippen molar-refractivity contribution in [3.05, 3.63) is 21.9 Å². The van der Waals surface area contributed by atoms with E-state index in [4.69, 9.17) is 0 Å².